The number of carbonyl (C=O) groups is 1. The standard InChI is InChI=1S/C12H19N3O/c1-9(2)6-7-15(3)12(16)10-4-5-11(13)14-8-10/h4-5,8-9H,6-7H2,1-3H3,(H2,13,14). The molecular formula is C12H19N3O. The molecule has 0 bridgehead atoms. The molecule has 1 aromatic rings. The van der Waals surface area contributed by atoms with E-state index in [9.17, 15) is 4.79 Å². The Balaban J connectivity index is 2.60. The molecule has 1 aromatic heterocycles. The fraction of sp³-hybridized carbons (Fsp3) is 0.500. The van der Waals surface area contributed by atoms with Crippen molar-refractivity contribution in [3.05, 3.63) is 23.9 Å². The van der Waals surface area contributed by atoms with E-state index in [1.807, 2.05) is 0 Å². The van der Waals surface area contributed by atoms with Crippen molar-refractivity contribution in [3.63, 3.8) is 0 Å². The van der Waals surface area contributed by atoms with Gasteiger partial charge in [-0.15, -0.1) is 0 Å². The quantitative estimate of drug-likeness (QED) is 0.843. The Labute approximate surface area is 96.5 Å². The van der Waals surface area contributed by atoms with Crippen LogP contribution in [0, 0.1) is 5.92 Å². The molecule has 0 saturated heterocycles. The average Bonchev–Trinajstić information content (AvgIpc) is 2.26. The molecule has 1 rings (SSSR count). The predicted octanol–water partition coefficient (Wildman–Crippen LogP) is 1.78. The number of nitrogens with two attached hydrogens (primary N) is 1. The predicted molar refractivity (Wildman–Crippen MR) is 65.1 cm³/mol. The number of pyridine rings is 1. The summed E-state index contributed by atoms with van der Waals surface area (Å²) < 4.78 is 0. The molecule has 2 N–H and O–H groups in total. The zero-order valence-corrected chi connectivity index (χ0v) is 10.1. The van der Waals surface area contributed by atoms with Crippen LogP contribution in [0.25, 0.3) is 0 Å². The van der Waals surface area contributed by atoms with Crippen LogP contribution < -0.4 is 5.73 Å². The summed E-state index contributed by atoms with van der Waals surface area (Å²) in [7, 11) is 1.81. The zero-order valence-electron chi connectivity index (χ0n) is 10.1. The first-order valence-electron chi connectivity index (χ1n) is 5.47. The van der Waals surface area contributed by atoms with E-state index >= 15 is 0 Å². The van der Waals surface area contributed by atoms with Crippen molar-refractivity contribution in [1.29, 1.82) is 0 Å². The molecule has 0 fully saturated rings. The molecule has 0 unspecified atom stereocenters. The monoisotopic (exact) mass is 221 g/mol. The van der Waals surface area contributed by atoms with Gasteiger partial charge in [0.1, 0.15) is 5.82 Å². The van der Waals surface area contributed by atoms with Crippen molar-refractivity contribution in [2.75, 3.05) is 19.3 Å². The molecule has 16 heavy (non-hydrogen) atoms. The fourth-order valence-corrected chi connectivity index (χ4v) is 1.31. The van der Waals surface area contributed by atoms with Gasteiger partial charge in [0.2, 0.25) is 0 Å². The van der Waals surface area contributed by atoms with E-state index in [2.05, 4.69) is 18.8 Å². The third-order valence-corrected chi connectivity index (χ3v) is 2.42. The fourth-order valence-electron chi connectivity index (χ4n) is 1.31. The minimum atomic E-state index is -0.00634. The van der Waals surface area contributed by atoms with Gasteiger partial charge in [-0.3, -0.25) is 4.79 Å². The first-order chi connectivity index (χ1) is 7.50. The first-order valence-corrected chi connectivity index (χ1v) is 5.47. The molecule has 0 atom stereocenters. The third kappa shape index (κ3) is 3.53. The van der Waals surface area contributed by atoms with Gasteiger partial charge in [-0.05, 0) is 24.5 Å². The number of nitrogens with zero attached hydrogens (tertiary/aromatic N) is 2. The summed E-state index contributed by atoms with van der Waals surface area (Å²) in [5, 5.41) is 0. The van der Waals surface area contributed by atoms with Crippen molar-refractivity contribution in [2.24, 2.45) is 5.92 Å². The Hall–Kier alpha value is -1.58. The van der Waals surface area contributed by atoms with Gasteiger partial charge in [0, 0.05) is 19.8 Å². The summed E-state index contributed by atoms with van der Waals surface area (Å²) in [6.45, 7) is 5.05. The second-order valence-corrected chi connectivity index (χ2v) is 4.38. The number of amides is 1. The highest BCUT2D eigenvalue weighted by Gasteiger charge is 2.11. The highest BCUT2D eigenvalue weighted by atomic mass is 16.2. The maximum atomic E-state index is 11.9. The Kier molecular flexibility index (Phi) is 4.28. The number of hydrogen-bond acceptors (Lipinski definition) is 3. The Morgan fingerprint density at radius 3 is 2.69 bits per heavy atom. The summed E-state index contributed by atoms with van der Waals surface area (Å²) >= 11 is 0. The first kappa shape index (κ1) is 12.5. The molecule has 4 nitrogen and oxygen atoms in total. The molecule has 0 aliphatic carbocycles. The van der Waals surface area contributed by atoms with Crippen molar-refractivity contribution in [1.82, 2.24) is 9.88 Å². The van der Waals surface area contributed by atoms with Gasteiger partial charge in [0.15, 0.2) is 0 Å². The molecule has 0 aromatic carbocycles. The molecule has 4 heteroatoms. The van der Waals surface area contributed by atoms with Crippen LogP contribution in [0.4, 0.5) is 5.82 Å². The van der Waals surface area contributed by atoms with Crippen LogP contribution in [0.3, 0.4) is 0 Å². The molecule has 0 aliphatic rings. The summed E-state index contributed by atoms with van der Waals surface area (Å²) in [6, 6.07) is 3.35. The van der Waals surface area contributed by atoms with Gasteiger partial charge in [0.05, 0.1) is 5.56 Å². The summed E-state index contributed by atoms with van der Waals surface area (Å²) in [4.78, 5) is 17.5. The second-order valence-electron chi connectivity index (χ2n) is 4.38. The lowest BCUT2D eigenvalue weighted by atomic mass is 10.1. The van der Waals surface area contributed by atoms with Gasteiger partial charge >= 0.3 is 0 Å². The van der Waals surface area contributed by atoms with E-state index < -0.39 is 0 Å². The van der Waals surface area contributed by atoms with Gasteiger partial charge in [0.25, 0.3) is 5.91 Å². The van der Waals surface area contributed by atoms with Crippen LogP contribution in [0.1, 0.15) is 30.6 Å². The maximum absolute atomic E-state index is 11.9. The van der Waals surface area contributed by atoms with Crippen LogP contribution in [0.5, 0.6) is 0 Å². The van der Waals surface area contributed by atoms with Gasteiger partial charge in [-0.1, -0.05) is 13.8 Å². The molecule has 0 aliphatic heterocycles. The summed E-state index contributed by atoms with van der Waals surface area (Å²) in [6.07, 6.45) is 2.52. The second kappa shape index (κ2) is 5.49. The number of nitrogen functional groups attached to an aromatic ring is 1. The van der Waals surface area contributed by atoms with Crippen LogP contribution in [-0.4, -0.2) is 29.4 Å². The Morgan fingerprint density at radius 1 is 1.50 bits per heavy atom. The molecule has 0 spiro atoms. The molecule has 1 amide bonds. The molecule has 88 valence electrons. The van der Waals surface area contributed by atoms with E-state index in [4.69, 9.17) is 5.73 Å². The number of rotatable bonds is 4. The SMILES string of the molecule is CC(C)CCN(C)C(=O)c1ccc(N)nc1. The number of aromatic nitrogens is 1. The van der Waals surface area contributed by atoms with Crippen molar-refractivity contribution in [2.45, 2.75) is 20.3 Å². The number of anilines is 1. The summed E-state index contributed by atoms with van der Waals surface area (Å²) in [5.41, 5.74) is 6.05. The third-order valence-electron chi connectivity index (χ3n) is 2.42. The van der Waals surface area contributed by atoms with Gasteiger partial charge in [-0.2, -0.15) is 0 Å². The van der Waals surface area contributed by atoms with Crippen molar-refractivity contribution < 1.29 is 4.79 Å². The normalized spacial score (nSPS) is 10.5. The Bertz CT molecular complexity index is 346. The molecule has 1 heterocycles. The lowest BCUT2D eigenvalue weighted by molar-refractivity contribution is 0.0789. The lowest BCUT2D eigenvalue weighted by Crippen LogP contribution is -2.28. The highest BCUT2D eigenvalue weighted by Crippen LogP contribution is 2.07. The van der Waals surface area contributed by atoms with E-state index in [1.54, 1.807) is 24.1 Å². The van der Waals surface area contributed by atoms with Crippen LogP contribution in [-0.2, 0) is 0 Å². The minimum absolute atomic E-state index is 0.00634. The average molecular weight is 221 g/mol. The topological polar surface area (TPSA) is 59.2 Å². The number of carbonyl (C=O) groups excluding carboxylic acids is 1. The van der Waals surface area contributed by atoms with E-state index in [0.717, 1.165) is 13.0 Å². The largest absolute Gasteiger partial charge is 0.384 e. The maximum Gasteiger partial charge on any atom is 0.255 e. The molecule has 0 saturated carbocycles. The van der Waals surface area contributed by atoms with Crippen LogP contribution in [0.2, 0.25) is 0 Å². The number of hydrogen-bond donors (Lipinski definition) is 1. The van der Waals surface area contributed by atoms with E-state index in [-0.39, 0.29) is 5.91 Å². The molecular weight excluding hydrogens is 202 g/mol. The van der Waals surface area contributed by atoms with Gasteiger partial charge in [-0.25, -0.2) is 4.98 Å². The lowest BCUT2D eigenvalue weighted by Gasteiger charge is -2.18. The highest BCUT2D eigenvalue weighted by molar-refractivity contribution is 5.93. The minimum Gasteiger partial charge on any atom is -0.384 e. The van der Waals surface area contributed by atoms with Crippen molar-refractivity contribution in [3.8, 4) is 0 Å². The van der Waals surface area contributed by atoms with Gasteiger partial charge < -0.3 is 10.6 Å². The van der Waals surface area contributed by atoms with Crippen LogP contribution >= 0.6 is 0 Å². The Morgan fingerprint density at radius 2 is 2.19 bits per heavy atom. The van der Waals surface area contributed by atoms with Crippen molar-refractivity contribution >= 4 is 11.7 Å². The van der Waals surface area contributed by atoms with E-state index in [1.165, 1.54) is 6.20 Å². The molecule has 0 radical (unpaired) electrons. The van der Waals surface area contributed by atoms with Crippen LogP contribution in [0.15, 0.2) is 18.3 Å². The smallest absolute Gasteiger partial charge is 0.255 e. The zero-order chi connectivity index (χ0) is 12.1. The summed E-state index contributed by atoms with van der Waals surface area (Å²) in [5.74, 6) is 1.02. The van der Waals surface area contributed by atoms with E-state index in [0.29, 0.717) is 17.3 Å².